The van der Waals surface area contributed by atoms with Crippen molar-refractivity contribution in [1.82, 2.24) is 9.97 Å². The maximum Gasteiger partial charge on any atom is 0.266 e. The lowest BCUT2D eigenvalue weighted by Gasteiger charge is -2.20. The summed E-state index contributed by atoms with van der Waals surface area (Å²) in [4.78, 5) is 21.2. The van der Waals surface area contributed by atoms with E-state index in [0.29, 0.717) is 16.3 Å². The molecule has 5 heteroatoms. The van der Waals surface area contributed by atoms with Gasteiger partial charge in [0.2, 0.25) is 5.95 Å². The Bertz CT molecular complexity index is 424. The van der Waals surface area contributed by atoms with Crippen molar-refractivity contribution in [2.75, 3.05) is 18.0 Å². The SMILES string of the molecule is CCN(CC)c1nc(CC(C)C)c(Br)c(=O)[nH]1. The summed E-state index contributed by atoms with van der Waals surface area (Å²) < 4.78 is 0.558. The van der Waals surface area contributed by atoms with Crippen LogP contribution in [0.15, 0.2) is 9.27 Å². The summed E-state index contributed by atoms with van der Waals surface area (Å²) in [6, 6.07) is 0. The Morgan fingerprint density at radius 1 is 1.35 bits per heavy atom. The number of nitrogens with zero attached hydrogens (tertiary/aromatic N) is 2. The van der Waals surface area contributed by atoms with Gasteiger partial charge in [-0.25, -0.2) is 4.98 Å². The molecule has 96 valence electrons. The van der Waals surface area contributed by atoms with Gasteiger partial charge in [0.05, 0.1) is 5.69 Å². The van der Waals surface area contributed by atoms with E-state index in [4.69, 9.17) is 0 Å². The monoisotopic (exact) mass is 301 g/mol. The second-order valence-electron chi connectivity index (χ2n) is 4.42. The molecule has 1 heterocycles. The van der Waals surface area contributed by atoms with E-state index in [1.165, 1.54) is 0 Å². The van der Waals surface area contributed by atoms with E-state index in [2.05, 4.69) is 39.7 Å². The molecule has 0 aliphatic rings. The molecule has 1 N–H and O–H groups in total. The first-order chi connectivity index (χ1) is 7.99. The molecule has 0 aliphatic carbocycles. The lowest BCUT2D eigenvalue weighted by atomic mass is 10.1. The molecule has 0 unspecified atom stereocenters. The second-order valence-corrected chi connectivity index (χ2v) is 5.21. The van der Waals surface area contributed by atoms with Crippen LogP contribution in [0, 0.1) is 5.92 Å². The van der Waals surface area contributed by atoms with Crippen LogP contribution in [-0.2, 0) is 6.42 Å². The number of halogens is 1. The number of H-pyrrole nitrogens is 1. The first kappa shape index (κ1) is 14.2. The van der Waals surface area contributed by atoms with Crippen molar-refractivity contribution in [3.8, 4) is 0 Å². The van der Waals surface area contributed by atoms with Crippen molar-refractivity contribution in [3.05, 3.63) is 20.5 Å². The molecule has 4 nitrogen and oxygen atoms in total. The summed E-state index contributed by atoms with van der Waals surface area (Å²) in [6.07, 6.45) is 0.804. The summed E-state index contributed by atoms with van der Waals surface area (Å²) >= 11 is 3.31. The molecule has 0 radical (unpaired) electrons. The number of aromatic amines is 1. The molecule has 0 bridgehead atoms. The zero-order chi connectivity index (χ0) is 13.0. The van der Waals surface area contributed by atoms with Gasteiger partial charge in [-0.3, -0.25) is 9.78 Å². The van der Waals surface area contributed by atoms with Crippen LogP contribution in [0.2, 0.25) is 0 Å². The van der Waals surface area contributed by atoms with Crippen molar-refractivity contribution in [3.63, 3.8) is 0 Å². The smallest absolute Gasteiger partial charge is 0.266 e. The number of rotatable bonds is 5. The number of anilines is 1. The van der Waals surface area contributed by atoms with Gasteiger partial charge in [0.1, 0.15) is 4.47 Å². The predicted octanol–water partition coefficient (Wildman–Crippen LogP) is 2.58. The third-order valence-corrected chi connectivity index (χ3v) is 3.40. The topological polar surface area (TPSA) is 49.0 Å². The lowest BCUT2D eigenvalue weighted by Crippen LogP contribution is -2.28. The number of hydrogen-bond donors (Lipinski definition) is 1. The first-order valence-electron chi connectivity index (χ1n) is 6.03. The van der Waals surface area contributed by atoms with E-state index in [1.54, 1.807) is 0 Å². The van der Waals surface area contributed by atoms with Gasteiger partial charge in [-0.15, -0.1) is 0 Å². The van der Waals surface area contributed by atoms with Gasteiger partial charge in [-0.1, -0.05) is 13.8 Å². The van der Waals surface area contributed by atoms with Gasteiger partial charge < -0.3 is 4.90 Å². The number of nitrogens with one attached hydrogen (secondary N) is 1. The summed E-state index contributed by atoms with van der Waals surface area (Å²) in [7, 11) is 0. The van der Waals surface area contributed by atoms with Crippen LogP contribution in [0.1, 0.15) is 33.4 Å². The van der Waals surface area contributed by atoms with Gasteiger partial charge in [0, 0.05) is 13.1 Å². The Morgan fingerprint density at radius 3 is 2.41 bits per heavy atom. The Kier molecular flexibility index (Phi) is 5.18. The zero-order valence-electron chi connectivity index (χ0n) is 10.9. The highest BCUT2D eigenvalue weighted by molar-refractivity contribution is 9.10. The molecule has 0 amide bonds. The molecule has 0 spiro atoms. The fraction of sp³-hybridized carbons (Fsp3) is 0.667. The third kappa shape index (κ3) is 3.56. The predicted molar refractivity (Wildman–Crippen MR) is 74.7 cm³/mol. The van der Waals surface area contributed by atoms with Crippen LogP contribution in [-0.4, -0.2) is 23.1 Å². The van der Waals surface area contributed by atoms with Crippen LogP contribution in [0.5, 0.6) is 0 Å². The highest BCUT2D eigenvalue weighted by atomic mass is 79.9. The molecule has 17 heavy (non-hydrogen) atoms. The van der Waals surface area contributed by atoms with Crippen LogP contribution in [0.25, 0.3) is 0 Å². The van der Waals surface area contributed by atoms with Gasteiger partial charge in [0.25, 0.3) is 5.56 Å². The summed E-state index contributed by atoms with van der Waals surface area (Å²) in [5.74, 6) is 1.14. The quantitative estimate of drug-likeness (QED) is 0.909. The van der Waals surface area contributed by atoms with Gasteiger partial charge in [-0.2, -0.15) is 0 Å². The maximum absolute atomic E-state index is 11.8. The molecule has 0 atom stereocenters. The molecule has 0 fully saturated rings. The largest absolute Gasteiger partial charge is 0.343 e. The average Bonchev–Trinajstić information content (AvgIpc) is 2.26. The van der Waals surface area contributed by atoms with E-state index < -0.39 is 0 Å². The molecule has 1 rings (SSSR count). The van der Waals surface area contributed by atoms with Crippen LogP contribution in [0.3, 0.4) is 0 Å². The number of hydrogen-bond acceptors (Lipinski definition) is 3. The van der Waals surface area contributed by atoms with E-state index in [-0.39, 0.29) is 5.56 Å². The highest BCUT2D eigenvalue weighted by Crippen LogP contribution is 2.16. The minimum atomic E-state index is -0.0995. The summed E-state index contributed by atoms with van der Waals surface area (Å²) in [6.45, 7) is 10.0. The Morgan fingerprint density at radius 2 is 1.94 bits per heavy atom. The molecular formula is C12H20BrN3O. The van der Waals surface area contributed by atoms with E-state index in [0.717, 1.165) is 25.2 Å². The van der Waals surface area contributed by atoms with Crippen LogP contribution >= 0.6 is 15.9 Å². The Labute approximate surface area is 111 Å². The zero-order valence-corrected chi connectivity index (χ0v) is 12.5. The molecule has 0 aromatic carbocycles. The molecule has 0 saturated carbocycles. The van der Waals surface area contributed by atoms with Gasteiger partial charge >= 0.3 is 0 Å². The van der Waals surface area contributed by atoms with Crippen LogP contribution < -0.4 is 10.5 Å². The second kappa shape index (κ2) is 6.19. The number of aromatic nitrogens is 2. The van der Waals surface area contributed by atoms with Crippen molar-refractivity contribution < 1.29 is 0 Å². The van der Waals surface area contributed by atoms with Crippen molar-refractivity contribution in [1.29, 1.82) is 0 Å². The summed E-state index contributed by atoms with van der Waals surface area (Å²) in [5.41, 5.74) is 0.739. The van der Waals surface area contributed by atoms with Crippen LogP contribution in [0.4, 0.5) is 5.95 Å². The fourth-order valence-corrected chi connectivity index (χ4v) is 2.04. The molecule has 0 aliphatic heterocycles. The Hall–Kier alpha value is -0.840. The van der Waals surface area contributed by atoms with E-state index >= 15 is 0 Å². The maximum atomic E-state index is 11.8. The first-order valence-corrected chi connectivity index (χ1v) is 6.82. The lowest BCUT2D eigenvalue weighted by molar-refractivity contribution is 0.628. The molecule has 1 aromatic heterocycles. The normalized spacial score (nSPS) is 10.9. The van der Waals surface area contributed by atoms with Crippen molar-refractivity contribution in [2.24, 2.45) is 5.92 Å². The molecule has 1 aromatic rings. The average molecular weight is 302 g/mol. The van der Waals surface area contributed by atoms with Crippen molar-refractivity contribution in [2.45, 2.75) is 34.1 Å². The highest BCUT2D eigenvalue weighted by Gasteiger charge is 2.13. The Balaban J connectivity index is 3.18. The molecule has 0 saturated heterocycles. The van der Waals surface area contributed by atoms with E-state index in [9.17, 15) is 4.79 Å². The fourth-order valence-electron chi connectivity index (χ4n) is 1.69. The van der Waals surface area contributed by atoms with Gasteiger partial charge in [-0.05, 0) is 42.1 Å². The minimum absolute atomic E-state index is 0.0995. The molecular weight excluding hydrogens is 282 g/mol. The summed E-state index contributed by atoms with van der Waals surface area (Å²) in [5, 5.41) is 0. The van der Waals surface area contributed by atoms with Crippen molar-refractivity contribution >= 4 is 21.9 Å². The minimum Gasteiger partial charge on any atom is -0.343 e. The van der Waals surface area contributed by atoms with E-state index in [1.807, 2.05) is 18.7 Å². The standard InChI is InChI=1S/C12H20BrN3O/c1-5-16(6-2)12-14-9(7-8(3)4)10(13)11(17)15-12/h8H,5-7H2,1-4H3,(H,14,15,17). The third-order valence-electron chi connectivity index (χ3n) is 2.58. The van der Waals surface area contributed by atoms with Gasteiger partial charge in [0.15, 0.2) is 0 Å².